The third-order valence-corrected chi connectivity index (χ3v) is 3.50. The lowest BCUT2D eigenvalue weighted by molar-refractivity contribution is -0.114. The van der Waals surface area contributed by atoms with Crippen molar-refractivity contribution in [2.75, 3.05) is 0 Å². The summed E-state index contributed by atoms with van der Waals surface area (Å²) in [5.74, 6) is -0.616. The standard InChI is InChI=1S/C10H12O3S/c1-10(2,3)14(13)9-6-7(11)4-5-8(9)12/h4-6H,1-3H3. The van der Waals surface area contributed by atoms with E-state index in [1.54, 1.807) is 20.8 Å². The van der Waals surface area contributed by atoms with Crippen molar-refractivity contribution >= 4 is 22.4 Å². The molecule has 0 saturated carbocycles. The van der Waals surface area contributed by atoms with Crippen molar-refractivity contribution in [3.05, 3.63) is 23.1 Å². The summed E-state index contributed by atoms with van der Waals surface area (Å²) >= 11 is 0. The van der Waals surface area contributed by atoms with Gasteiger partial charge in [0.05, 0.1) is 15.7 Å². The molecule has 76 valence electrons. The van der Waals surface area contributed by atoms with Gasteiger partial charge >= 0.3 is 0 Å². The summed E-state index contributed by atoms with van der Waals surface area (Å²) in [6.07, 6.45) is 3.51. The van der Waals surface area contributed by atoms with Crippen LogP contribution >= 0.6 is 0 Å². The Morgan fingerprint density at radius 1 is 1.14 bits per heavy atom. The molecule has 4 heteroatoms. The number of carbonyl (C=O) groups is 2. The van der Waals surface area contributed by atoms with Crippen molar-refractivity contribution in [2.45, 2.75) is 25.5 Å². The lowest BCUT2D eigenvalue weighted by atomic mass is 10.2. The maximum Gasteiger partial charge on any atom is 0.195 e. The van der Waals surface area contributed by atoms with Crippen LogP contribution in [0.25, 0.3) is 0 Å². The molecule has 0 aliphatic heterocycles. The molecule has 0 amide bonds. The molecule has 14 heavy (non-hydrogen) atoms. The predicted octanol–water partition coefficient (Wildman–Crippen LogP) is 1.13. The van der Waals surface area contributed by atoms with Gasteiger partial charge in [0.15, 0.2) is 11.6 Å². The Labute approximate surface area is 85.3 Å². The van der Waals surface area contributed by atoms with Gasteiger partial charge in [-0.2, -0.15) is 0 Å². The molecule has 0 saturated heterocycles. The number of hydrogen-bond donors (Lipinski definition) is 0. The van der Waals surface area contributed by atoms with Crippen molar-refractivity contribution in [2.24, 2.45) is 0 Å². The molecule has 1 aliphatic rings. The molecular formula is C10H12O3S. The maximum atomic E-state index is 11.8. The van der Waals surface area contributed by atoms with E-state index < -0.39 is 15.5 Å². The largest absolute Gasteiger partial charge is 0.290 e. The number of allylic oxidation sites excluding steroid dienone is 4. The van der Waals surface area contributed by atoms with Gasteiger partial charge in [0.1, 0.15) is 0 Å². The van der Waals surface area contributed by atoms with Crippen molar-refractivity contribution in [3.63, 3.8) is 0 Å². The number of ketones is 2. The van der Waals surface area contributed by atoms with Crippen LogP contribution in [-0.4, -0.2) is 20.5 Å². The Hall–Kier alpha value is -1.03. The van der Waals surface area contributed by atoms with E-state index in [-0.39, 0.29) is 16.5 Å². The molecule has 0 heterocycles. The van der Waals surface area contributed by atoms with Gasteiger partial charge < -0.3 is 0 Å². The Morgan fingerprint density at radius 2 is 1.71 bits per heavy atom. The zero-order chi connectivity index (χ0) is 10.9. The SMILES string of the molecule is CC(C)(C)S(=O)C1=CC(=O)C=CC1=O. The second-order valence-electron chi connectivity index (χ2n) is 3.99. The Bertz CT molecular complexity index is 369. The quantitative estimate of drug-likeness (QED) is 0.612. The summed E-state index contributed by atoms with van der Waals surface area (Å²) in [6, 6.07) is 0. The van der Waals surface area contributed by atoms with Crippen molar-refractivity contribution in [1.29, 1.82) is 0 Å². The zero-order valence-corrected chi connectivity index (χ0v) is 9.18. The van der Waals surface area contributed by atoms with Crippen LogP contribution < -0.4 is 0 Å². The molecule has 0 spiro atoms. The van der Waals surface area contributed by atoms with Gasteiger partial charge in [0.25, 0.3) is 0 Å². The zero-order valence-electron chi connectivity index (χ0n) is 8.37. The van der Waals surface area contributed by atoms with Crippen LogP contribution in [0.1, 0.15) is 20.8 Å². The Morgan fingerprint density at radius 3 is 2.21 bits per heavy atom. The molecule has 0 aromatic heterocycles. The van der Waals surface area contributed by atoms with Gasteiger partial charge in [-0.25, -0.2) is 0 Å². The highest BCUT2D eigenvalue weighted by Gasteiger charge is 2.28. The van der Waals surface area contributed by atoms with E-state index in [1.165, 1.54) is 12.2 Å². The number of hydrogen-bond acceptors (Lipinski definition) is 3. The van der Waals surface area contributed by atoms with E-state index in [9.17, 15) is 13.8 Å². The van der Waals surface area contributed by atoms with Crippen LogP contribution in [-0.2, 0) is 20.4 Å². The van der Waals surface area contributed by atoms with Gasteiger partial charge in [0, 0.05) is 10.8 Å². The van der Waals surface area contributed by atoms with E-state index in [1.807, 2.05) is 0 Å². The molecule has 0 aromatic rings. The van der Waals surface area contributed by atoms with Gasteiger partial charge in [-0.3, -0.25) is 13.8 Å². The summed E-state index contributed by atoms with van der Waals surface area (Å²) < 4.78 is 11.3. The first-order valence-corrected chi connectivity index (χ1v) is 5.37. The molecule has 1 atom stereocenters. The molecule has 0 aromatic carbocycles. The molecule has 1 aliphatic carbocycles. The summed E-state index contributed by atoms with van der Waals surface area (Å²) in [5, 5.41) is 0. The molecular weight excluding hydrogens is 200 g/mol. The fraction of sp³-hybridized carbons (Fsp3) is 0.400. The van der Waals surface area contributed by atoms with E-state index in [0.29, 0.717) is 0 Å². The van der Waals surface area contributed by atoms with Crippen molar-refractivity contribution in [3.8, 4) is 0 Å². The average molecular weight is 212 g/mol. The van der Waals surface area contributed by atoms with E-state index in [4.69, 9.17) is 0 Å². The molecule has 1 unspecified atom stereocenters. The Kier molecular flexibility index (Phi) is 2.85. The summed E-state index contributed by atoms with van der Waals surface area (Å²) in [5.41, 5.74) is 0. The summed E-state index contributed by atoms with van der Waals surface area (Å²) in [7, 11) is -1.44. The molecule has 1 rings (SSSR count). The van der Waals surface area contributed by atoms with Gasteiger partial charge in [-0.05, 0) is 32.9 Å². The fourth-order valence-corrected chi connectivity index (χ4v) is 2.10. The van der Waals surface area contributed by atoms with Gasteiger partial charge in [0.2, 0.25) is 0 Å². The van der Waals surface area contributed by atoms with Crippen LogP contribution in [0.4, 0.5) is 0 Å². The molecule has 0 radical (unpaired) electrons. The minimum absolute atomic E-state index is 0.102. The van der Waals surface area contributed by atoms with Crippen LogP contribution in [0.15, 0.2) is 23.1 Å². The van der Waals surface area contributed by atoms with E-state index in [0.717, 1.165) is 6.08 Å². The minimum Gasteiger partial charge on any atom is -0.290 e. The second-order valence-corrected chi connectivity index (χ2v) is 6.19. The summed E-state index contributed by atoms with van der Waals surface area (Å²) in [4.78, 5) is 22.4. The van der Waals surface area contributed by atoms with E-state index >= 15 is 0 Å². The van der Waals surface area contributed by atoms with Gasteiger partial charge in [-0.1, -0.05) is 0 Å². The fourth-order valence-electron chi connectivity index (χ4n) is 0.963. The first-order valence-electron chi connectivity index (χ1n) is 4.22. The number of rotatable bonds is 1. The van der Waals surface area contributed by atoms with Crippen LogP contribution in [0.2, 0.25) is 0 Å². The van der Waals surface area contributed by atoms with Crippen LogP contribution in [0, 0.1) is 0 Å². The third-order valence-electron chi connectivity index (χ3n) is 1.67. The average Bonchev–Trinajstić information content (AvgIpc) is 2.06. The van der Waals surface area contributed by atoms with Crippen molar-refractivity contribution in [1.82, 2.24) is 0 Å². The monoisotopic (exact) mass is 212 g/mol. The second kappa shape index (κ2) is 3.61. The minimum atomic E-state index is -1.44. The normalized spacial score (nSPS) is 19.5. The molecule has 0 bridgehead atoms. The summed E-state index contributed by atoms with van der Waals surface area (Å²) in [6.45, 7) is 5.29. The lowest BCUT2D eigenvalue weighted by Crippen LogP contribution is -2.27. The highest BCUT2D eigenvalue weighted by atomic mass is 32.2. The van der Waals surface area contributed by atoms with Crippen molar-refractivity contribution < 1.29 is 13.8 Å². The topological polar surface area (TPSA) is 51.2 Å². The molecule has 3 nitrogen and oxygen atoms in total. The molecule has 0 fully saturated rings. The number of carbonyl (C=O) groups excluding carboxylic acids is 2. The first kappa shape index (κ1) is 11.0. The van der Waals surface area contributed by atoms with Gasteiger partial charge in [-0.15, -0.1) is 0 Å². The predicted molar refractivity (Wildman–Crippen MR) is 55.1 cm³/mol. The highest BCUT2D eigenvalue weighted by Crippen LogP contribution is 2.21. The van der Waals surface area contributed by atoms with E-state index in [2.05, 4.69) is 0 Å². The van der Waals surface area contributed by atoms with Crippen LogP contribution in [0.3, 0.4) is 0 Å². The third kappa shape index (κ3) is 2.26. The lowest BCUT2D eigenvalue weighted by Gasteiger charge is -2.19. The first-order chi connectivity index (χ1) is 6.32. The Balaban J connectivity index is 3.05. The highest BCUT2D eigenvalue weighted by molar-refractivity contribution is 7.91. The smallest absolute Gasteiger partial charge is 0.195 e. The molecule has 0 N–H and O–H groups in total. The maximum absolute atomic E-state index is 11.8. The van der Waals surface area contributed by atoms with Crippen LogP contribution in [0.5, 0.6) is 0 Å².